The van der Waals surface area contributed by atoms with Crippen molar-refractivity contribution in [2.24, 2.45) is 0 Å². The van der Waals surface area contributed by atoms with Crippen molar-refractivity contribution in [3.63, 3.8) is 0 Å². The summed E-state index contributed by atoms with van der Waals surface area (Å²) in [5.41, 5.74) is 0. The molecule has 3 N–H and O–H groups in total. The minimum atomic E-state index is -1.01. The molecule has 1 unspecified atom stereocenters. The zero-order valence-electron chi connectivity index (χ0n) is 10.7. The van der Waals surface area contributed by atoms with Gasteiger partial charge in [0.15, 0.2) is 0 Å². The van der Waals surface area contributed by atoms with E-state index in [4.69, 9.17) is 5.11 Å². The summed E-state index contributed by atoms with van der Waals surface area (Å²) >= 11 is 1.55. The van der Waals surface area contributed by atoms with Crippen molar-refractivity contribution in [2.45, 2.75) is 19.0 Å². The molecule has 0 aliphatic heterocycles. The molecule has 19 heavy (non-hydrogen) atoms. The van der Waals surface area contributed by atoms with Gasteiger partial charge in [-0.05, 0) is 18.4 Å². The van der Waals surface area contributed by atoms with Crippen LogP contribution in [-0.2, 0) is 11.3 Å². The first-order chi connectivity index (χ1) is 9.13. The summed E-state index contributed by atoms with van der Waals surface area (Å²) < 4.78 is 1.82. The highest BCUT2D eigenvalue weighted by molar-refractivity contribution is 7.98. The Morgan fingerprint density at radius 3 is 2.89 bits per heavy atom. The first kappa shape index (κ1) is 15.4. The second-order valence-corrected chi connectivity index (χ2v) is 4.86. The third kappa shape index (κ3) is 6.14. The number of hydrogen-bond acceptors (Lipinski definition) is 4. The number of carboxylic acids is 1. The van der Waals surface area contributed by atoms with E-state index in [1.54, 1.807) is 30.5 Å². The summed E-state index contributed by atoms with van der Waals surface area (Å²) in [4.78, 5) is 26.3. The molecule has 1 aromatic rings. The lowest BCUT2D eigenvalue weighted by atomic mass is 10.2. The molecule has 0 saturated heterocycles. The average Bonchev–Trinajstić information content (AvgIpc) is 2.87. The molecule has 0 fully saturated rings. The van der Waals surface area contributed by atoms with Gasteiger partial charge in [0, 0.05) is 25.5 Å². The van der Waals surface area contributed by atoms with E-state index in [1.807, 2.05) is 10.8 Å². The number of thioether (sulfide) groups is 1. The van der Waals surface area contributed by atoms with Crippen LogP contribution in [0.4, 0.5) is 4.79 Å². The monoisotopic (exact) mass is 286 g/mol. The van der Waals surface area contributed by atoms with E-state index in [0.29, 0.717) is 25.3 Å². The highest BCUT2D eigenvalue weighted by Crippen LogP contribution is 2.00. The molecule has 0 bridgehead atoms. The van der Waals surface area contributed by atoms with Crippen LogP contribution in [0.15, 0.2) is 18.7 Å². The predicted molar refractivity (Wildman–Crippen MR) is 73.2 cm³/mol. The summed E-state index contributed by atoms with van der Waals surface area (Å²) in [6, 6.07) is -1.31. The zero-order valence-corrected chi connectivity index (χ0v) is 11.5. The Labute approximate surface area is 115 Å². The molecule has 1 rings (SSSR count). The van der Waals surface area contributed by atoms with Crippen molar-refractivity contribution in [3.05, 3.63) is 18.7 Å². The number of amides is 2. The molecular formula is C11H18N4O3S. The van der Waals surface area contributed by atoms with E-state index in [0.717, 1.165) is 0 Å². The maximum atomic E-state index is 11.5. The molecular weight excluding hydrogens is 268 g/mol. The summed E-state index contributed by atoms with van der Waals surface area (Å²) in [6.07, 6.45) is 7.40. The van der Waals surface area contributed by atoms with Crippen molar-refractivity contribution in [1.82, 2.24) is 20.2 Å². The Morgan fingerprint density at radius 1 is 1.53 bits per heavy atom. The van der Waals surface area contributed by atoms with Crippen LogP contribution in [0.2, 0.25) is 0 Å². The number of hydrogen-bond donors (Lipinski definition) is 3. The Bertz CT molecular complexity index is 397. The number of imidazole rings is 1. The van der Waals surface area contributed by atoms with E-state index in [9.17, 15) is 9.59 Å². The molecule has 1 heterocycles. The Balaban J connectivity index is 2.25. The highest BCUT2D eigenvalue weighted by Gasteiger charge is 2.18. The van der Waals surface area contributed by atoms with Gasteiger partial charge in [0.25, 0.3) is 0 Å². The zero-order chi connectivity index (χ0) is 14.1. The minimum absolute atomic E-state index is 0.408. The average molecular weight is 286 g/mol. The Hall–Kier alpha value is -1.70. The fourth-order valence-corrected chi connectivity index (χ4v) is 1.89. The van der Waals surface area contributed by atoms with E-state index >= 15 is 0 Å². The van der Waals surface area contributed by atoms with Crippen LogP contribution < -0.4 is 10.6 Å². The lowest BCUT2D eigenvalue weighted by Crippen LogP contribution is -2.46. The normalized spacial score (nSPS) is 11.8. The quantitative estimate of drug-likeness (QED) is 0.642. The summed E-state index contributed by atoms with van der Waals surface area (Å²) in [6.45, 7) is 1.01. The third-order valence-corrected chi connectivity index (χ3v) is 3.07. The minimum Gasteiger partial charge on any atom is -0.480 e. The lowest BCUT2D eigenvalue weighted by molar-refractivity contribution is -0.139. The molecule has 0 saturated carbocycles. The van der Waals surface area contributed by atoms with Crippen LogP contribution in [0.25, 0.3) is 0 Å². The standard InChI is InChI=1S/C11H18N4O3S/c1-19-7-2-9(10(16)17)14-11(18)13-4-6-15-5-3-12-8-15/h3,5,8-9H,2,4,6-7H2,1H3,(H,16,17)(H2,13,14,18). The SMILES string of the molecule is CSCCC(NC(=O)NCCn1ccnc1)C(=O)O. The Morgan fingerprint density at radius 2 is 2.32 bits per heavy atom. The van der Waals surface area contributed by atoms with Crippen molar-refractivity contribution < 1.29 is 14.7 Å². The van der Waals surface area contributed by atoms with E-state index in [-0.39, 0.29) is 0 Å². The molecule has 1 aromatic heterocycles. The molecule has 1 atom stereocenters. The number of carbonyl (C=O) groups excluding carboxylic acids is 1. The molecule has 0 aliphatic rings. The van der Waals surface area contributed by atoms with E-state index in [2.05, 4.69) is 15.6 Å². The number of carbonyl (C=O) groups is 2. The van der Waals surface area contributed by atoms with Crippen LogP contribution in [0.5, 0.6) is 0 Å². The van der Waals surface area contributed by atoms with Crippen LogP contribution in [0.3, 0.4) is 0 Å². The predicted octanol–water partition coefficient (Wildman–Crippen LogP) is 0.389. The van der Waals surface area contributed by atoms with E-state index < -0.39 is 18.0 Å². The van der Waals surface area contributed by atoms with Gasteiger partial charge in [-0.15, -0.1) is 0 Å². The molecule has 106 valence electrons. The van der Waals surface area contributed by atoms with Crippen molar-refractivity contribution in [3.8, 4) is 0 Å². The number of nitrogens with zero attached hydrogens (tertiary/aromatic N) is 2. The number of nitrogens with one attached hydrogen (secondary N) is 2. The second-order valence-electron chi connectivity index (χ2n) is 3.87. The van der Waals surface area contributed by atoms with Crippen LogP contribution in [-0.4, -0.2) is 51.3 Å². The molecule has 0 aromatic carbocycles. The maximum Gasteiger partial charge on any atom is 0.326 e. The van der Waals surface area contributed by atoms with Crippen molar-refractivity contribution in [2.75, 3.05) is 18.6 Å². The molecule has 0 aliphatic carbocycles. The molecule has 7 nitrogen and oxygen atoms in total. The number of carboxylic acid groups (broad SMARTS) is 1. The van der Waals surface area contributed by atoms with Crippen LogP contribution >= 0.6 is 11.8 Å². The fourth-order valence-electron chi connectivity index (χ4n) is 1.42. The van der Waals surface area contributed by atoms with Gasteiger partial charge in [0.05, 0.1) is 6.33 Å². The van der Waals surface area contributed by atoms with Gasteiger partial charge < -0.3 is 20.3 Å². The van der Waals surface area contributed by atoms with Crippen molar-refractivity contribution in [1.29, 1.82) is 0 Å². The number of aliphatic carboxylic acids is 1. The smallest absolute Gasteiger partial charge is 0.326 e. The summed E-state index contributed by atoms with van der Waals surface area (Å²) in [5, 5.41) is 14.0. The number of urea groups is 1. The van der Waals surface area contributed by atoms with Gasteiger partial charge >= 0.3 is 12.0 Å². The van der Waals surface area contributed by atoms with Gasteiger partial charge in [0.2, 0.25) is 0 Å². The topological polar surface area (TPSA) is 96.3 Å². The van der Waals surface area contributed by atoms with Crippen molar-refractivity contribution >= 4 is 23.8 Å². The van der Waals surface area contributed by atoms with E-state index in [1.165, 1.54) is 0 Å². The van der Waals surface area contributed by atoms with Crippen LogP contribution in [0.1, 0.15) is 6.42 Å². The van der Waals surface area contributed by atoms with Gasteiger partial charge in [-0.3, -0.25) is 0 Å². The highest BCUT2D eigenvalue weighted by atomic mass is 32.2. The number of rotatable bonds is 8. The summed E-state index contributed by atoms with van der Waals surface area (Å²) in [7, 11) is 0. The number of aromatic nitrogens is 2. The first-order valence-electron chi connectivity index (χ1n) is 5.85. The molecule has 8 heteroatoms. The second kappa shape index (κ2) is 8.41. The third-order valence-electron chi connectivity index (χ3n) is 2.43. The fraction of sp³-hybridized carbons (Fsp3) is 0.545. The Kier molecular flexibility index (Phi) is 6.80. The summed E-state index contributed by atoms with van der Waals surface area (Å²) in [5.74, 6) is -0.328. The van der Waals surface area contributed by atoms with Crippen LogP contribution in [0, 0.1) is 0 Å². The first-order valence-corrected chi connectivity index (χ1v) is 7.24. The van der Waals surface area contributed by atoms with Gasteiger partial charge in [-0.25, -0.2) is 14.6 Å². The molecule has 0 spiro atoms. The van der Waals surface area contributed by atoms with Gasteiger partial charge in [-0.1, -0.05) is 0 Å². The largest absolute Gasteiger partial charge is 0.480 e. The molecule has 2 amide bonds. The molecule has 0 radical (unpaired) electrons. The lowest BCUT2D eigenvalue weighted by Gasteiger charge is -2.14. The van der Waals surface area contributed by atoms with Gasteiger partial charge in [0.1, 0.15) is 6.04 Å². The van der Waals surface area contributed by atoms with Gasteiger partial charge in [-0.2, -0.15) is 11.8 Å². The maximum absolute atomic E-state index is 11.5.